The minimum atomic E-state index is -4.78. The molecule has 3 heterocycles. The number of carboxylic acids is 1. The van der Waals surface area contributed by atoms with Crippen LogP contribution in [0.5, 0.6) is 5.75 Å². The van der Waals surface area contributed by atoms with Crippen LogP contribution in [0.3, 0.4) is 0 Å². The van der Waals surface area contributed by atoms with Crippen molar-refractivity contribution in [2.45, 2.75) is 56.6 Å². The normalized spacial score (nSPS) is 28.1. The zero-order chi connectivity index (χ0) is 27.2. The number of rotatable bonds is 8. The summed E-state index contributed by atoms with van der Waals surface area (Å²) < 4.78 is 40.9. The molecule has 1 aromatic carbocycles. The van der Waals surface area contributed by atoms with Gasteiger partial charge in [-0.15, -0.1) is 24.9 Å². The number of carbonyl (C=O) groups excluding carboxylic acids is 2. The molecule has 0 aliphatic carbocycles. The number of β-lactam (4-membered cyclic amide) rings is 1. The lowest BCUT2D eigenvalue weighted by molar-refractivity contribution is -0.274. The number of fused-ring (bicyclic) bond motifs is 1. The monoisotopic (exact) mass is 543 g/mol. The number of nitrogens with zero attached hydrogens (tertiary/aromatic N) is 2. The molecule has 0 unspecified atom stereocenters. The smallest absolute Gasteiger partial charge is 0.477 e. The van der Waals surface area contributed by atoms with Crippen molar-refractivity contribution in [3.8, 4) is 5.75 Å². The molecule has 2 fully saturated rings. The lowest BCUT2D eigenvalue weighted by Crippen LogP contribution is -2.63. The van der Waals surface area contributed by atoms with Crippen LogP contribution in [-0.2, 0) is 20.9 Å². The summed E-state index contributed by atoms with van der Waals surface area (Å²) in [4.78, 5) is 40.8. The van der Waals surface area contributed by atoms with Crippen molar-refractivity contribution < 1.29 is 42.5 Å². The number of ether oxygens (including phenoxy) is 1. The van der Waals surface area contributed by atoms with Gasteiger partial charge in [0.15, 0.2) is 0 Å². The fourth-order valence-corrected chi connectivity index (χ4v) is 6.73. The highest BCUT2D eigenvalue weighted by Gasteiger charge is 2.60. The molecule has 2 amide bonds. The Bertz CT molecular complexity index is 1110. The second-order valence-electron chi connectivity index (χ2n) is 9.59. The van der Waals surface area contributed by atoms with Crippen LogP contribution in [0.2, 0.25) is 0 Å². The van der Waals surface area contributed by atoms with Crippen molar-refractivity contribution >= 4 is 29.5 Å². The van der Waals surface area contributed by atoms with Gasteiger partial charge in [-0.1, -0.05) is 19.1 Å². The number of thioether (sulfide) groups is 1. The first kappa shape index (κ1) is 27.3. The van der Waals surface area contributed by atoms with Crippen LogP contribution >= 0.6 is 11.8 Å². The van der Waals surface area contributed by atoms with Gasteiger partial charge in [0.1, 0.15) is 11.4 Å². The molecule has 3 aliphatic rings. The minimum absolute atomic E-state index is 0.0470. The molecule has 3 aliphatic heterocycles. The van der Waals surface area contributed by atoms with E-state index in [-0.39, 0.29) is 35.1 Å². The first-order valence-corrected chi connectivity index (χ1v) is 12.6. The van der Waals surface area contributed by atoms with Gasteiger partial charge in [-0.25, -0.2) is 4.79 Å². The molecule has 3 N–H and O–H groups in total. The quantitative estimate of drug-likeness (QED) is 0.427. The number of aliphatic hydroxyl groups excluding tert-OH is 1. The van der Waals surface area contributed by atoms with Gasteiger partial charge in [-0.3, -0.25) is 9.59 Å². The maximum atomic E-state index is 13.0. The molecule has 1 aromatic rings. The molecule has 2 saturated heterocycles. The predicted molar refractivity (Wildman–Crippen MR) is 127 cm³/mol. The number of benzene rings is 1. The van der Waals surface area contributed by atoms with Gasteiger partial charge in [-0.05, 0) is 31.0 Å². The van der Waals surface area contributed by atoms with E-state index in [2.05, 4.69) is 10.1 Å². The number of hydrogen-bond donors (Lipinski definition) is 3. The number of likely N-dealkylation sites (N-methyl/N-ethyl adjacent to an activating group) is 1. The zero-order valence-electron chi connectivity index (χ0n) is 20.4. The highest BCUT2D eigenvalue weighted by Crippen LogP contribution is 2.51. The Morgan fingerprint density at radius 2 is 1.95 bits per heavy atom. The molecule has 4 rings (SSSR count). The molecule has 13 heteroatoms. The average molecular weight is 544 g/mol. The lowest BCUT2D eigenvalue weighted by Gasteiger charge is -2.46. The number of alkyl halides is 3. The Morgan fingerprint density at radius 1 is 1.30 bits per heavy atom. The Hall–Kier alpha value is -2.77. The third-order valence-electron chi connectivity index (χ3n) is 6.95. The molecule has 0 spiro atoms. The van der Waals surface area contributed by atoms with E-state index in [0.717, 1.165) is 0 Å². The topological polar surface area (TPSA) is 119 Å². The van der Waals surface area contributed by atoms with E-state index in [1.807, 2.05) is 6.92 Å². The fraction of sp³-hybridized carbons (Fsp3) is 0.542. The first-order valence-electron chi connectivity index (χ1n) is 11.8. The molecule has 0 saturated carbocycles. The summed E-state index contributed by atoms with van der Waals surface area (Å²) in [6, 6.07) is 4.38. The Kier molecular flexibility index (Phi) is 7.50. The van der Waals surface area contributed by atoms with E-state index in [4.69, 9.17) is 0 Å². The standard InChI is InChI=1S/C24H28F3N3O6S/c1-11-18-17(12(2)31)22(33)30(18)19(23(34)35)20(11)37-15-8-16(28-9-15)21(32)29(3)10-13-4-6-14(7-5-13)36-24(25,26)27/h4-7,11-12,15-18,28,31H,8-10H2,1-3H3,(H,34,35)/t11-,12-,15+,16+,17-,18-/m1/s1. The molecular weight excluding hydrogens is 515 g/mol. The third kappa shape index (κ3) is 5.43. The van der Waals surface area contributed by atoms with Gasteiger partial charge in [-0.2, -0.15) is 0 Å². The van der Waals surface area contributed by atoms with Crippen LogP contribution in [0.1, 0.15) is 25.8 Å². The van der Waals surface area contributed by atoms with Crippen molar-refractivity contribution in [1.29, 1.82) is 0 Å². The number of hydrogen-bond acceptors (Lipinski definition) is 7. The Labute approximate surface area is 215 Å². The summed E-state index contributed by atoms with van der Waals surface area (Å²) in [6.07, 6.45) is -5.22. The third-order valence-corrected chi connectivity index (χ3v) is 8.46. The van der Waals surface area contributed by atoms with E-state index in [0.29, 0.717) is 23.4 Å². The van der Waals surface area contributed by atoms with Crippen molar-refractivity contribution in [2.24, 2.45) is 11.8 Å². The molecule has 9 nitrogen and oxygen atoms in total. The fourth-order valence-electron chi connectivity index (χ4n) is 5.25. The van der Waals surface area contributed by atoms with Crippen LogP contribution in [0.25, 0.3) is 0 Å². The van der Waals surface area contributed by atoms with E-state index in [1.165, 1.54) is 52.8 Å². The highest BCUT2D eigenvalue weighted by atomic mass is 32.2. The van der Waals surface area contributed by atoms with E-state index >= 15 is 0 Å². The van der Waals surface area contributed by atoms with Crippen LogP contribution in [0.4, 0.5) is 13.2 Å². The van der Waals surface area contributed by atoms with Crippen LogP contribution in [0.15, 0.2) is 34.9 Å². The van der Waals surface area contributed by atoms with Crippen LogP contribution in [0, 0.1) is 11.8 Å². The number of aliphatic carboxylic acids is 1. The summed E-state index contributed by atoms with van der Waals surface area (Å²) in [6.45, 7) is 4.02. The summed E-state index contributed by atoms with van der Waals surface area (Å²) in [5.41, 5.74) is 0.585. The highest BCUT2D eigenvalue weighted by molar-refractivity contribution is 8.03. The second-order valence-corrected chi connectivity index (χ2v) is 10.9. The van der Waals surface area contributed by atoms with Gasteiger partial charge < -0.3 is 30.1 Å². The largest absolute Gasteiger partial charge is 0.573 e. The number of nitrogens with one attached hydrogen (secondary N) is 1. The summed E-state index contributed by atoms with van der Waals surface area (Å²) in [5.74, 6) is -3.02. The molecule has 37 heavy (non-hydrogen) atoms. The van der Waals surface area contributed by atoms with Gasteiger partial charge in [0, 0.05) is 36.2 Å². The number of halogens is 3. The number of amides is 2. The van der Waals surface area contributed by atoms with Crippen LogP contribution < -0.4 is 10.1 Å². The Balaban J connectivity index is 1.36. The molecule has 0 radical (unpaired) electrons. The lowest BCUT2D eigenvalue weighted by atomic mass is 9.79. The van der Waals surface area contributed by atoms with E-state index < -0.39 is 42.3 Å². The number of aliphatic hydroxyl groups is 1. The molecular formula is C24H28F3N3O6S. The van der Waals surface area contributed by atoms with Crippen LogP contribution in [-0.4, -0.2) is 81.2 Å². The first-order chi connectivity index (χ1) is 17.3. The molecule has 0 bridgehead atoms. The zero-order valence-corrected chi connectivity index (χ0v) is 21.2. The number of carboxylic acid groups (broad SMARTS) is 1. The van der Waals surface area contributed by atoms with Crippen molar-refractivity contribution in [1.82, 2.24) is 15.1 Å². The summed E-state index contributed by atoms with van der Waals surface area (Å²) in [5, 5.41) is 22.9. The summed E-state index contributed by atoms with van der Waals surface area (Å²) >= 11 is 1.35. The van der Waals surface area contributed by atoms with Gasteiger partial charge in [0.05, 0.1) is 24.1 Å². The van der Waals surface area contributed by atoms with E-state index in [1.54, 1.807) is 7.05 Å². The van der Waals surface area contributed by atoms with E-state index in [9.17, 15) is 37.8 Å². The predicted octanol–water partition coefficient (Wildman–Crippen LogP) is 2.16. The maximum Gasteiger partial charge on any atom is 0.573 e. The van der Waals surface area contributed by atoms with Gasteiger partial charge in [0.25, 0.3) is 0 Å². The van der Waals surface area contributed by atoms with Crippen molar-refractivity contribution in [2.75, 3.05) is 13.6 Å². The minimum Gasteiger partial charge on any atom is -0.477 e. The molecule has 0 aromatic heterocycles. The van der Waals surface area contributed by atoms with Crippen molar-refractivity contribution in [3.05, 3.63) is 40.4 Å². The summed E-state index contributed by atoms with van der Waals surface area (Å²) in [7, 11) is 1.60. The average Bonchev–Trinajstić information content (AvgIpc) is 3.35. The van der Waals surface area contributed by atoms with Gasteiger partial charge >= 0.3 is 12.3 Å². The second kappa shape index (κ2) is 10.2. The molecule has 6 atom stereocenters. The SMILES string of the molecule is C[C@@H](O)[C@H]1C(=O)N2C(C(=O)O)=C(S[C@@H]3CN[C@H](C(=O)N(C)Cc4ccc(OC(F)(F)F)cc4)C3)[C@H](C)[C@H]12. The maximum absolute atomic E-state index is 13.0. The Morgan fingerprint density at radius 3 is 2.51 bits per heavy atom. The number of carbonyl (C=O) groups is 3. The molecule has 202 valence electrons. The van der Waals surface area contributed by atoms with Crippen molar-refractivity contribution in [3.63, 3.8) is 0 Å². The van der Waals surface area contributed by atoms with Gasteiger partial charge in [0.2, 0.25) is 11.8 Å².